The van der Waals surface area contributed by atoms with Gasteiger partial charge >= 0.3 is 0 Å². The summed E-state index contributed by atoms with van der Waals surface area (Å²) in [5.41, 5.74) is 0. The third-order valence-corrected chi connectivity index (χ3v) is 1.96. The molecule has 0 fully saturated rings. The highest BCUT2D eigenvalue weighted by atomic mass is 79.9. The van der Waals surface area contributed by atoms with E-state index in [1.165, 1.54) is 0 Å². The fourth-order valence-electron chi connectivity index (χ4n) is 0.801. The van der Waals surface area contributed by atoms with Crippen LogP contribution in [0.1, 0.15) is 0 Å². The largest absolute Gasteiger partial charge is 0.394 e. The molecule has 1 N–H and O–H groups in total. The minimum Gasteiger partial charge on any atom is -0.394 e. The second kappa shape index (κ2) is 12.4. The van der Waals surface area contributed by atoms with Crippen molar-refractivity contribution < 1.29 is 24.1 Å². The molecular formula is C9H19BrO5. The maximum absolute atomic E-state index is 8.42. The first-order valence-electron chi connectivity index (χ1n) is 4.82. The molecule has 0 bridgehead atoms. The highest BCUT2D eigenvalue weighted by molar-refractivity contribution is 9.09. The molecule has 1 unspecified atom stereocenters. The first kappa shape index (κ1) is 15.3. The molecule has 0 heterocycles. The van der Waals surface area contributed by atoms with Gasteiger partial charge in [-0.3, -0.25) is 0 Å². The second-order valence-electron chi connectivity index (χ2n) is 2.68. The third kappa shape index (κ3) is 12.2. The lowest BCUT2D eigenvalue weighted by molar-refractivity contribution is -0.00771. The third-order valence-electron chi connectivity index (χ3n) is 1.43. The molecular weight excluding hydrogens is 268 g/mol. The lowest BCUT2D eigenvalue weighted by atomic mass is 10.7. The molecule has 0 aliphatic carbocycles. The van der Waals surface area contributed by atoms with Gasteiger partial charge in [0.15, 0.2) is 0 Å². The standard InChI is InChI=1S/C9H19BrO5/c1-12-8-9(10)15-7-6-14-5-4-13-3-2-11/h9,11H,2-8H2,1H3. The highest BCUT2D eigenvalue weighted by Gasteiger charge is 2.01. The van der Waals surface area contributed by atoms with Gasteiger partial charge in [-0.2, -0.15) is 0 Å². The van der Waals surface area contributed by atoms with E-state index in [1.54, 1.807) is 7.11 Å². The molecule has 0 radical (unpaired) electrons. The molecule has 0 saturated carbocycles. The Morgan fingerprint density at radius 2 is 1.67 bits per heavy atom. The van der Waals surface area contributed by atoms with Gasteiger partial charge in [0.05, 0.1) is 46.2 Å². The minimum atomic E-state index is -0.0864. The van der Waals surface area contributed by atoms with E-state index in [2.05, 4.69) is 15.9 Å². The predicted octanol–water partition coefficient (Wildman–Crippen LogP) is 0.396. The normalized spacial score (nSPS) is 13.0. The van der Waals surface area contributed by atoms with Crippen LogP contribution in [-0.4, -0.2) is 63.5 Å². The number of aliphatic hydroxyl groups is 1. The highest BCUT2D eigenvalue weighted by Crippen LogP contribution is 2.00. The molecule has 0 aromatic heterocycles. The van der Waals surface area contributed by atoms with Crippen molar-refractivity contribution in [3.63, 3.8) is 0 Å². The van der Waals surface area contributed by atoms with E-state index in [0.29, 0.717) is 39.6 Å². The summed E-state index contributed by atoms with van der Waals surface area (Å²) in [6, 6.07) is 0. The van der Waals surface area contributed by atoms with Crippen molar-refractivity contribution in [3.05, 3.63) is 0 Å². The molecule has 0 aliphatic heterocycles. The van der Waals surface area contributed by atoms with E-state index in [0.717, 1.165) is 0 Å². The molecule has 0 aromatic rings. The van der Waals surface area contributed by atoms with Gasteiger partial charge in [0.1, 0.15) is 5.01 Å². The number of ether oxygens (including phenoxy) is 4. The van der Waals surface area contributed by atoms with E-state index in [-0.39, 0.29) is 11.6 Å². The summed E-state index contributed by atoms with van der Waals surface area (Å²) in [5.74, 6) is 0. The predicted molar refractivity (Wildman–Crippen MR) is 59.3 cm³/mol. The Balaban J connectivity index is 2.98. The van der Waals surface area contributed by atoms with Gasteiger partial charge in [0.25, 0.3) is 0 Å². The molecule has 5 nitrogen and oxygen atoms in total. The average molecular weight is 287 g/mol. The van der Waals surface area contributed by atoms with Crippen molar-refractivity contribution in [3.8, 4) is 0 Å². The van der Waals surface area contributed by atoms with Crippen LogP contribution in [0, 0.1) is 0 Å². The van der Waals surface area contributed by atoms with Crippen LogP contribution in [0.2, 0.25) is 0 Å². The molecule has 0 aromatic carbocycles. The van der Waals surface area contributed by atoms with E-state index in [1.807, 2.05) is 0 Å². The van der Waals surface area contributed by atoms with Crippen LogP contribution in [0.25, 0.3) is 0 Å². The molecule has 0 aliphatic rings. The van der Waals surface area contributed by atoms with Crippen molar-refractivity contribution in [2.24, 2.45) is 0 Å². The SMILES string of the molecule is COCC(Br)OCCOCCOCCO. The molecule has 15 heavy (non-hydrogen) atoms. The van der Waals surface area contributed by atoms with Crippen molar-refractivity contribution in [2.75, 3.05) is 53.4 Å². The zero-order valence-electron chi connectivity index (χ0n) is 8.99. The van der Waals surface area contributed by atoms with Gasteiger partial charge in [-0.05, 0) is 0 Å². The number of halogens is 1. The molecule has 0 rings (SSSR count). The fourth-order valence-corrected chi connectivity index (χ4v) is 1.25. The van der Waals surface area contributed by atoms with Gasteiger partial charge in [-0.1, -0.05) is 15.9 Å². The Labute approximate surface area is 98.8 Å². The zero-order chi connectivity index (χ0) is 11.4. The van der Waals surface area contributed by atoms with Crippen LogP contribution in [0.3, 0.4) is 0 Å². The second-order valence-corrected chi connectivity index (χ2v) is 3.71. The zero-order valence-corrected chi connectivity index (χ0v) is 10.6. The number of alkyl halides is 1. The Morgan fingerprint density at radius 1 is 1.07 bits per heavy atom. The molecule has 0 saturated heterocycles. The Bertz CT molecular complexity index is 125. The monoisotopic (exact) mass is 286 g/mol. The van der Waals surface area contributed by atoms with E-state index < -0.39 is 0 Å². The van der Waals surface area contributed by atoms with Crippen molar-refractivity contribution in [1.82, 2.24) is 0 Å². The lowest BCUT2D eigenvalue weighted by Crippen LogP contribution is -2.16. The number of rotatable bonds is 11. The summed E-state index contributed by atoms with van der Waals surface area (Å²) in [5, 5.41) is 8.33. The summed E-state index contributed by atoms with van der Waals surface area (Å²) in [7, 11) is 1.62. The number of aliphatic hydroxyl groups excluding tert-OH is 1. The summed E-state index contributed by atoms with van der Waals surface area (Å²) in [4.78, 5) is 0. The average Bonchev–Trinajstić information content (AvgIpc) is 2.22. The topological polar surface area (TPSA) is 57.2 Å². The smallest absolute Gasteiger partial charge is 0.135 e. The van der Waals surface area contributed by atoms with E-state index >= 15 is 0 Å². The summed E-state index contributed by atoms with van der Waals surface area (Å²) in [6.07, 6.45) is 0. The van der Waals surface area contributed by atoms with Gasteiger partial charge in [-0.15, -0.1) is 0 Å². The van der Waals surface area contributed by atoms with Crippen LogP contribution in [-0.2, 0) is 18.9 Å². The summed E-state index contributed by atoms with van der Waals surface area (Å²) >= 11 is 3.29. The van der Waals surface area contributed by atoms with Crippen LogP contribution in [0.15, 0.2) is 0 Å². The maximum atomic E-state index is 8.42. The lowest BCUT2D eigenvalue weighted by Gasteiger charge is -2.10. The van der Waals surface area contributed by atoms with Gasteiger partial charge < -0.3 is 24.1 Å². The number of hydrogen-bond acceptors (Lipinski definition) is 5. The Hall–Kier alpha value is 0.280. The van der Waals surface area contributed by atoms with Gasteiger partial charge in [0.2, 0.25) is 0 Å². The summed E-state index contributed by atoms with van der Waals surface area (Å²) < 4.78 is 20.4. The van der Waals surface area contributed by atoms with Gasteiger partial charge in [-0.25, -0.2) is 0 Å². The van der Waals surface area contributed by atoms with E-state index in [9.17, 15) is 0 Å². The van der Waals surface area contributed by atoms with Crippen LogP contribution in [0.5, 0.6) is 0 Å². The maximum Gasteiger partial charge on any atom is 0.135 e. The van der Waals surface area contributed by atoms with Crippen molar-refractivity contribution in [2.45, 2.75) is 5.01 Å². The van der Waals surface area contributed by atoms with Crippen LogP contribution < -0.4 is 0 Å². The fraction of sp³-hybridized carbons (Fsp3) is 1.00. The number of hydrogen-bond donors (Lipinski definition) is 1. The minimum absolute atomic E-state index is 0.0470. The molecule has 1 atom stereocenters. The van der Waals surface area contributed by atoms with E-state index in [4.69, 9.17) is 24.1 Å². The van der Waals surface area contributed by atoms with Gasteiger partial charge in [0, 0.05) is 7.11 Å². The Kier molecular flexibility index (Phi) is 12.6. The first-order chi connectivity index (χ1) is 7.31. The van der Waals surface area contributed by atoms with Crippen molar-refractivity contribution in [1.29, 1.82) is 0 Å². The first-order valence-corrected chi connectivity index (χ1v) is 5.73. The molecule has 0 amide bonds. The molecule has 6 heteroatoms. The van der Waals surface area contributed by atoms with Crippen molar-refractivity contribution >= 4 is 15.9 Å². The van der Waals surface area contributed by atoms with Crippen LogP contribution >= 0.6 is 15.9 Å². The summed E-state index contributed by atoms with van der Waals surface area (Å²) in [6.45, 7) is 2.96. The Morgan fingerprint density at radius 3 is 2.27 bits per heavy atom. The van der Waals surface area contributed by atoms with Crippen LogP contribution in [0.4, 0.5) is 0 Å². The quantitative estimate of drug-likeness (QED) is 0.440. The molecule has 92 valence electrons. The number of methoxy groups -OCH3 is 1. The molecule has 0 spiro atoms.